The first-order valence-electron chi connectivity index (χ1n) is 8.43. The third-order valence-corrected chi connectivity index (χ3v) is 4.22. The number of esters is 1. The van der Waals surface area contributed by atoms with E-state index < -0.39 is 5.97 Å². The van der Waals surface area contributed by atoms with Gasteiger partial charge in [-0.1, -0.05) is 44.2 Å². The molecular weight excluding hydrogens is 316 g/mol. The maximum absolute atomic E-state index is 12.5. The summed E-state index contributed by atoms with van der Waals surface area (Å²) in [5.41, 5.74) is 3.29. The van der Waals surface area contributed by atoms with E-state index in [9.17, 15) is 9.59 Å². The lowest BCUT2D eigenvalue weighted by molar-refractivity contribution is 0.0446. The van der Waals surface area contributed by atoms with Crippen molar-refractivity contribution in [2.75, 3.05) is 6.61 Å². The van der Waals surface area contributed by atoms with Crippen LogP contribution < -0.4 is 0 Å². The Labute approximate surface area is 146 Å². The minimum Gasteiger partial charge on any atom is -0.451 e. The standard InChI is InChI=1S/C21H20O4/c1-3-14-9-10-15(4-2)17(11-14)18(22)13-24-21(23)20-12-16-7-5-6-8-19(16)25-20/h5-12H,3-4,13H2,1-2H3. The molecule has 0 spiro atoms. The van der Waals surface area contributed by atoms with E-state index in [1.165, 1.54) is 0 Å². The van der Waals surface area contributed by atoms with Gasteiger partial charge in [-0.25, -0.2) is 4.79 Å². The van der Waals surface area contributed by atoms with E-state index in [4.69, 9.17) is 9.15 Å². The predicted molar refractivity (Wildman–Crippen MR) is 96.0 cm³/mol. The van der Waals surface area contributed by atoms with Crippen LogP contribution in [0.5, 0.6) is 0 Å². The van der Waals surface area contributed by atoms with Gasteiger partial charge in [0.1, 0.15) is 5.58 Å². The highest BCUT2D eigenvalue weighted by molar-refractivity contribution is 6.00. The molecule has 0 bridgehead atoms. The van der Waals surface area contributed by atoms with E-state index in [1.807, 2.05) is 50.2 Å². The minimum atomic E-state index is -0.630. The molecule has 0 fully saturated rings. The molecule has 3 rings (SSSR count). The molecule has 1 aromatic heterocycles. The maximum atomic E-state index is 12.5. The second kappa shape index (κ2) is 7.34. The number of furan rings is 1. The number of aryl methyl sites for hydroxylation is 2. The van der Waals surface area contributed by atoms with E-state index in [0.29, 0.717) is 11.1 Å². The number of hydrogen-bond acceptors (Lipinski definition) is 4. The van der Waals surface area contributed by atoms with Crippen LogP contribution in [-0.4, -0.2) is 18.4 Å². The van der Waals surface area contributed by atoms with Gasteiger partial charge in [-0.3, -0.25) is 4.79 Å². The van der Waals surface area contributed by atoms with Crippen molar-refractivity contribution >= 4 is 22.7 Å². The van der Waals surface area contributed by atoms with Gasteiger partial charge in [0, 0.05) is 10.9 Å². The summed E-state index contributed by atoms with van der Waals surface area (Å²) in [7, 11) is 0. The van der Waals surface area contributed by atoms with Gasteiger partial charge in [-0.05, 0) is 42.2 Å². The van der Waals surface area contributed by atoms with Crippen LogP contribution in [0.4, 0.5) is 0 Å². The summed E-state index contributed by atoms with van der Waals surface area (Å²) in [4.78, 5) is 24.7. The summed E-state index contributed by atoms with van der Waals surface area (Å²) >= 11 is 0. The van der Waals surface area contributed by atoms with Crippen LogP contribution in [-0.2, 0) is 17.6 Å². The molecule has 2 aromatic carbocycles. The monoisotopic (exact) mass is 336 g/mol. The summed E-state index contributed by atoms with van der Waals surface area (Å²) < 4.78 is 10.6. The molecule has 0 saturated carbocycles. The lowest BCUT2D eigenvalue weighted by Gasteiger charge is -2.09. The molecule has 128 valence electrons. The topological polar surface area (TPSA) is 56.5 Å². The van der Waals surface area contributed by atoms with Crippen LogP contribution in [0.3, 0.4) is 0 Å². The fraction of sp³-hybridized carbons (Fsp3) is 0.238. The Kier molecular flexibility index (Phi) is 4.98. The lowest BCUT2D eigenvalue weighted by Crippen LogP contribution is -2.15. The number of carbonyl (C=O) groups excluding carboxylic acids is 2. The van der Waals surface area contributed by atoms with Crippen molar-refractivity contribution in [3.05, 3.63) is 71.0 Å². The van der Waals surface area contributed by atoms with Crippen molar-refractivity contribution in [3.8, 4) is 0 Å². The highest BCUT2D eigenvalue weighted by Crippen LogP contribution is 2.20. The first-order valence-corrected chi connectivity index (χ1v) is 8.43. The van der Waals surface area contributed by atoms with Crippen LogP contribution >= 0.6 is 0 Å². The third kappa shape index (κ3) is 3.63. The number of ketones is 1. The van der Waals surface area contributed by atoms with E-state index >= 15 is 0 Å². The molecule has 0 aliphatic heterocycles. The minimum absolute atomic E-state index is 0.104. The molecular formula is C21H20O4. The zero-order valence-electron chi connectivity index (χ0n) is 14.4. The van der Waals surface area contributed by atoms with Gasteiger partial charge in [-0.15, -0.1) is 0 Å². The number of hydrogen-bond donors (Lipinski definition) is 0. The van der Waals surface area contributed by atoms with Crippen LogP contribution in [0.25, 0.3) is 11.0 Å². The first kappa shape index (κ1) is 17.0. The molecule has 0 unspecified atom stereocenters. The number of para-hydroxylation sites is 1. The number of rotatable bonds is 6. The number of carbonyl (C=O) groups is 2. The summed E-state index contributed by atoms with van der Waals surface area (Å²) in [6, 6.07) is 14.8. The Morgan fingerprint density at radius 3 is 2.52 bits per heavy atom. The molecule has 0 saturated heterocycles. The molecule has 0 amide bonds. The second-order valence-electron chi connectivity index (χ2n) is 5.85. The Morgan fingerprint density at radius 2 is 1.80 bits per heavy atom. The molecule has 3 aromatic rings. The molecule has 4 heteroatoms. The maximum Gasteiger partial charge on any atom is 0.374 e. The van der Waals surface area contributed by atoms with Gasteiger partial charge in [0.05, 0.1) is 0 Å². The molecule has 1 heterocycles. The molecule has 0 N–H and O–H groups in total. The van der Waals surface area contributed by atoms with Crippen molar-refractivity contribution in [3.63, 3.8) is 0 Å². The molecule has 0 aliphatic rings. The van der Waals surface area contributed by atoms with Crippen LogP contribution in [0.2, 0.25) is 0 Å². The van der Waals surface area contributed by atoms with Gasteiger partial charge in [0.2, 0.25) is 11.5 Å². The largest absolute Gasteiger partial charge is 0.451 e. The Hall–Kier alpha value is -2.88. The quantitative estimate of drug-likeness (QED) is 0.488. The molecule has 25 heavy (non-hydrogen) atoms. The highest BCUT2D eigenvalue weighted by Gasteiger charge is 2.17. The van der Waals surface area contributed by atoms with Gasteiger partial charge in [0.25, 0.3) is 0 Å². The number of Topliss-reactive ketones (excluding diaryl/α,β-unsaturated/α-hetero) is 1. The van der Waals surface area contributed by atoms with Crippen molar-refractivity contribution < 1.29 is 18.7 Å². The number of ether oxygens (including phenoxy) is 1. The van der Waals surface area contributed by atoms with Gasteiger partial charge >= 0.3 is 5.97 Å². The second-order valence-corrected chi connectivity index (χ2v) is 5.85. The summed E-state index contributed by atoms with van der Waals surface area (Å²) in [5.74, 6) is -0.724. The van der Waals surface area contributed by atoms with Crippen LogP contribution in [0.15, 0.2) is 52.9 Å². The van der Waals surface area contributed by atoms with Crippen molar-refractivity contribution in [1.82, 2.24) is 0 Å². The molecule has 0 atom stereocenters. The molecule has 0 aliphatic carbocycles. The molecule has 0 radical (unpaired) electrons. The van der Waals surface area contributed by atoms with Crippen LogP contribution in [0, 0.1) is 0 Å². The Bertz CT molecular complexity index is 888. The Morgan fingerprint density at radius 1 is 1.00 bits per heavy atom. The zero-order valence-corrected chi connectivity index (χ0v) is 14.4. The predicted octanol–water partition coefficient (Wildman–Crippen LogP) is 4.60. The average Bonchev–Trinajstić information content (AvgIpc) is 3.09. The van der Waals surface area contributed by atoms with Gasteiger partial charge in [0.15, 0.2) is 6.61 Å². The fourth-order valence-corrected chi connectivity index (χ4v) is 2.77. The van der Waals surface area contributed by atoms with Crippen molar-refractivity contribution in [2.45, 2.75) is 26.7 Å². The van der Waals surface area contributed by atoms with E-state index in [-0.39, 0.29) is 18.2 Å². The summed E-state index contributed by atoms with van der Waals surface area (Å²) in [6.45, 7) is 3.74. The number of fused-ring (bicyclic) bond motifs is 1. The van der Waals surface area contributed by atoms with Crippen molar-refractivity contribution in [2.24, 2.45) is 0 Å². The normalized spacial score (nSPS) is 10.8. The van der Waals surface area contributed by atoms with Gasteiger partial charge in [-0.2, -0.15) is 0 Å². The van der Waals surface area contributed by atoms with E-state index in [1.54, 1.807) is 12.1 Å². The van der Waals surface area contributed by atoms with E-state index in [0.717, 1.165) is 29.4 Å². The van der Waals surface area contributed by atoms with Crippen molar-refractivity contribution in [1.29, 1.82) is 0 Å². The van der Waals surface area contributed by atoms with Gasteiger partial charge < -0.3 is 9.15 Å². The zero-order chi connectivity index (χ0) is 17.8. The highest BCUT2D eigenvalue weighted by atomic mass is 16.5. The first-order chi connectivity index (χ1) is 12.1. The average molecular weight is 336 g/mol. The summed E-state index contributed by atoms with van der Waals surface area (Å²) in [5, 5.41) is 0.824. The lowest BCUT2D eigenvalue weighted by atomic mass is 9.98. The smallest absolute Gasteiger partial charge is 0.374 e. The van der Waals surface area contributed by atoms with Crippen LogP contribution in [0.1, 0.15) is 45.9 Å². The summed E-state index contributed by atoms with van der Waals surface area (Å²) in [6.07, 6.45) is 1.60. The molecule has 4 nitrogen and oxygen atoms in total. The third-order valence-electron chi connectivity index (χ3n) is 4.22. The Balaban J connectivity index is 1.72. The van der Waals surface area contributed by atoms with E-state index in [2.05, 4.69) is 0 Å². The number of benzene rings is 2. The SMILES string of the molecule is CCc1ccc(CC)c(C(=O)COC(=O)c2cc3ccccc3o2)c1. The fourth-order valence-electron chi connectivity index (χ4n) is 2.77.